The molecule has 5 nitrogen and oxygen atoms in total. The Kier molecular flexibility index (Phi) is 6.50. The van der Waals surface area contributed by atoms with Crippen LogP contribution in [0.15, 0.2) is 42.0 Å². The van der Waals surface area contributed by atoms with Crippen molar-refractivity contribution in [1.82, 2.24) is 5.48 Å². The molecule has 1 atom stereocenters. The summed E-state index contributed by atoms with van der Waals surface area (Å²) in [5, 5.41) is 2.89. The molecule has 0 saturated carbocycles. The van der Waals surface area contributed by atoms with Gasteiger partial charge in [0.05, 0.1) is 17.9 Å². The van der Waals surface area contributed by atoms with Gasteiger partial charge in [0.2, 0.25) is 0 Å². The first-order chi connectivity index (χ1) is 14.1. The van der Waals surface area contributed by atoms with Crippen molar-refractivity contribution in [1.29, 1.82) is 0 Å². The van der Waals surface area contributed by atoms with Gasteiger partial charge in [-0.15, -0.1) is 0 Å². The zero-order chi connectivity index (χ0) is 22.1. The van der Waals surface area contributed by atoms with Gasteiger partial charge in [-0.25, -0.2) is 4.79 Å². The minimum Gasteiger partial charge on any atom is -0.450 e. The first kappa shape index (κ1) is 22.3. The van der Waals surface area contributed by atoms with E-state index in [-0.39, 0.29) is 33.5 Å². The Balaban J connectivity index is 2.07. The highest BCUT2D eigenvalue weighted by Gasteiger charge is 2.47. The number of anilines is 1. The van der Waals surface area contributed by atoms with Crippen molar-refractivity contribution in [3.63, 3.8) is 0 Å². The molecule has 1 amide bonds. The summed E-state index contributed by atoms with van der Waals surface area (Å²) >= 11 is 11.9. The van der Waals surface area contributed by atoms with Crippen LogP contribution in [0.25, 0.3) is 5.70 Å². The number of carbonyl (C=O) groups excluding carboxylic acids is 1. The SMILES string of the molecule is CCOC(=O)Nc1cc(C2=C(C(F)(F)F)C(c3cc(Cl)cc(Cl)c3)ON2)ccc1C. The zero-order valence-corrected chi connectivity index (χ0v) is 17.4. The highest BCUT2D eigenvalue weighted by molar-refractivity contribution is 6.34. The fourth-order valence-corrected chi connectivity index (χ4v) is 3.56. The molecule has 2 aromatic rings. The molecular formula is C20H17Cl2F3N2O3. The van der Waals surface area contributed by atoms with Crippen LogP contribution in [-0.2, 0) is 9.57 Å². The molecule has 0 radical (unpaired) electrons. The van der Waals surface area contributed by atoms with E-state index in [2.05, 4.69) is 10.8 Å². The van der Waals surface area contributed by atoms with E-state index in [9.17, 15) is 18.0 Å². The highest BCUT2D eigenvalue weighted by Crippen LogP contribution is 2.46. The van der Waals surface area contributed by atoms with Crippen molar-refractivity contribution in [3.8, 4) is 0 Å². The number of benzene rings is 2. The van der Waals surface area contributed by atoms with E-state index < -0.39 is 23.9 Å². The molecule has 0 aliphatic carbocycles. The van der Waals surface area contributed by atoms with Gasteiger partial charge in [0, 0.05) is 21.3 Å². The number of alkyl halides is 3. The molecule has 2 aromatic carbocycles. The Morgan fingerprint density at radius 2 is 1.87 bits per heavy atom. The molecular weight excluding hydrogens is 444 g/mol. The number of hydrogen-bond acceptors (Lipinski definition) is 4. The number of carbonyl (C=O) groups is 1. The van der Waals surface area contributed by atoms with Crippen molar-refractivity contribution >= 4 is 40.7 Å². The number of aryl methyl sites for hydroxylation is 1. The van der Waals surface area contributed by atoms with Crippen LogP contribution in [0, 0.1) is 6.92 Å². The zero-order valence-electron chi connectivity index (χ0n) is 15.9. The number of hydroxylamine groups is 1. The van der Waals surface area contributed by atoms with Crippen molar-refractivity contribution in [2.75, 3.05) is 11.9 Å². The maximum Gasteiger partial charge on any atom is 0.417 e. The van der Waals surface area contributed by atoms with Crippen LogP contribution in [0.2, 0.25) is 10.0 Å². The van der Waals surface area contributed by atoms with E-state index in [1.54, 1.807) is 19.9 Å². The lowest BCUT2D eigenvalue weighted by molar-refractivity contribution is -0.107. The van der Waals surface area contributed by atoms with Crippen molar-refractivity contribution in [3.05, 3.63) is 68.7 Å². The quantitative estimate of drug-likeness (QED) is 0.552. The van der Waals surface area contributed by atoms with Crippen molar-refractivity contribution < 1.29 is 27.5 Å². The number of ether oxygens (including phenoxy) is 1. The van der Waals surface area contributed by atoms with E-state index in [4.69, 9.17) is 32.8 Å². The third kappa shape index (κ3) is 4.83. The smallest absolute Gasteiger partial charge is 0.417 e. The largest absolute Gasteiger partial charge is 0.450 e. The lowest BCUT2D eigenvalue weighted by atomic mass is 9.96. The van der Waals surface area contributed by atoms with Gasteiger partial charge in [-0.3, -0.25) is 15.6 Å². The Bertz CT molecular complexity index is 989. The van der Waals surface area contributed by atoms with E-state index in [0.29, 0.717) is 11.3 Å². The fourth-order valence-electron chi connectivity index (χ4n) is 3.02. The van der Waals surface area contributed by atoms with Crippen LogP contribution < -0.4 is 10.8 Å². The van der Waals surface area contributed by atoms with Crippen LogP contribution >= 0.6 is 23.2 Å². The summed E-state index contributed by atoms with van der Waals surface area (Å²) in [6, 6.07) is 8.63. The van der Waals surface area contributed by atoms with Gasteiger partial charge in [0.15, 0.2) is 0 Å². The van der Waals surface area contributed by atoms with Crippen LogP contribution in [0.4, 0.5) is 23.7 Å². The number of amides is 1. The number of nitrogens with one attached hydrogen (secondary N) is 2. The normalized spacial score (nSPS) is 16.4. The molecule has 0 aromatic heterocycles. The molecule has 3 rings (SSSR count). The van der Waals surface area contributed by atoms with Gasteiger partial charge >= 0.3 is 12.3 Å². The molecule has 0 fully saturated rings. The summed E-state index contributed by atoms with van der Waals surface area (Å²) in [6.45, 7) is 3.51. The molecule has 1 heterocycles. The maximum absolute atomic E-state index is 14.0. The van der Waals surface area contributed by atoms with E-state index >= 15 is 0 Å². The molecule has 0 spiro atoms. The fraction of sp³-hybridized carbons (Fsp3) is 0.250. The van der Waals surface area contributed by atoms with Gasteiger partial charge in [-0.05, 0) is 49.2 Å². The molecule has 10 heteroatoms. The molecule has 160 valence electrons. The van der Waals surface area contributed by atoms with Crippen molar-refractivity contribution in [2.45, 2.75) is 26.1 Å². The van der Waals surface area contributed by atoms with E-state index in [1.807, 2.05) is 0 Å². The van der Waals surface area contributed by atoms with Gasteiger partial charge in [-0.2, -0.15) is 13.2 Å². The summed E-state index contributed by atoms with van der Waals surface area (Å²) in [6.07, 6.45) is -6.89. The first-order valence-corrected chi connectivity index (χ1v) is 9.59. The number of rotatable bonds is 4. The first-order valence-electron chi connectivity index (χ1n) is 8.84. The second kappa shape index (κ2) is 8.75. The average molecular weight is 461 g/mol. The Hall–Kier alpha value is -2.42. The number of halogens is 5. The summed E-state index contributed by atoms with van der Waals surface area (Å²) in [7, 11) is 0. The predicted octanol–water partition coefficient (Wildman–Crippen LogP) is 6.42. The summed E-state index contributed by atoms with van der Waals surface area (Å²) in [4.78, 5) is 17.0. The minimum absolute atomic E-state index is 0.152. The maximum atomic E-state index is 14.0. The van der Waals surface area contributed by atoms with E-state index in [1.165, 1.54) is 30.3 Å². The van der Waals surface area contributed by atoms with Crippen molar-refractivity contribution in [2.24, 2.45) is 0 Å². The molecule has 1 aliphatic heterocycles. The monoisotopic (exact) mass is 460 g/mol. The third-order valence-corrected chi connectivity index (χ3v) is 4.78. The topological polar surface area (TPSA) is 59.6 Å². The Labute approximate surface area is 180 Å². The van der Waals surface area contributed by atoms with Gasteiger partial charge < -0.3 is 4.74 Å². The van der Waals surface area contributed by atoms with Gasteiger partial charge in [0.1, 0.15) is 6.10 Å². The molecule has 0 saturated heterocycles. The molecule has 1 unspecified atom stereocenters. The summed E-state index contributed by atoms with van der Waals surface area (Å²) < 4.78 is 46.8. The van der Waals surface area contributed by atoms with Crippen LogP contribution in [0.3, 0.4) is 0 Å². The van der Waals surface area contributed by atoms with Crippen LogP contribution in [-0.4, -0.2) is 18.9 Å². The summed E-state index contributed by atoms with van der Waals surface area (Å²) in [5.74, 6) is 0. The van der Waals surface area contributed by atoms with Gasteiger partial charge in [-0.1, -0.05) is 35.3 Å². The van der Waals surface area contributed by atoms with Gasteiger partial charge in [0.25, 0.3) is 0 Å². The predicted molar refractivity (Wildman–Crippen MR) is 108 cm³/mol. The lowest BCUT2D eigenvalue weighted by Gasteiger charge is -2.17. The third-order valence-electron chi connectivity index (χ3n) is 4.34. The summed E-state index contributed by atoms with van der Waals surface area (Å²) in [5.41, 5.74) is 2.46. The molecule has 1 aliphatic rings. The molecule has 30 heavy (non-hydrogen) atoms. The van der Waals surface area contributed by atoms with Crippen LogP contribution in [0.5, 0.6) is 0 Å². The van der Waals surface area contributed by atoms with E-state index in [0.717, 1.165) is 0 Å². The Morgan fingerprint density at radius 1 is 1.20 bits per heavy atom. The van der Waals surface area contributed by atoms with Crippen LogP contribution in [0.1, 0.15) is 29.7 Å². The number of hydrogen-bond donors (Lipinski definition) is 2. The standard InChI is InChI=1S/C20H17Cl2F3N2O3/c1-3-29-19(28)26-15-8-11(5-4-10(15)2)17-16(20(23,24)25)18(30-27-17)12-6-13(21)9-14(22)7-12/h4-9,18,27H,3H2,1-2H3,(H,26,28). The average Bonchev–Trinajstić information content (AvgIpc) is 3.08. The second-order valence-electron chi connectivity index (χ2n) is 6.46. The highest BCUT2D eigenvalue weighted by atomic mass is 35.5. The lowest BCUT2D eigenvalue weighted by Crippen LogP contribution is -2.18. The second-order valence-corrected chi connectivity index (χ2v) is 7.34. The Morgan fingerprint density at radius 3 is 2.47 bits per heavy atom. The molecule has 0 bridgehead atoms. The molecule has 2 N–H and O–H groups in total. The minimum atomic E-state index is -4.71.